The number of rotatable bonds is 0. The van der Waals surface area contributed by atoms with Gasteiger partial charge in [-0.05, 0) is 0 Å². The normalized spacial score (nSPS) is 12.1. The van der Waals surface area contributed by atoms with Crippen LogP contribution in [-0.4, -0.2) is 29.0 Å². The fraction of sp³-hybridized carbons (Fsp3) is 1.00. The summed E-state index contributed by atoms with van der Waals surface area (Å²) in [5.74, 6) is -3.86. The fourth-order valence-electron chi connectivity index (χ4n) is 0. The molecule has 0 aliphatic rings. The Bertz CT molecular complexity index is 155. The molecule has 0 rings (SSSR count). The lowest BCUT2D eigenvalue weighted by Gasteiger charge is -1.89. The predicted molar refractivity (Wildman–Crippen MR) is 28.7 cm³/mol. The molecule has 10 heavy (non-hydrogen) atoms. The molecule has 0 unspecified atom stereocenters. The number of hydrogen-bond acceptors (Lipinski definition) is 2. The van der Waals surface area contributed by atoms with Gasteiger partial charge in [-0.2, -0.15) is 21.6 Å². The van der Waals surface area contributed by atoms with Gasteiger partial charge >= 0.3 is 16.3 Å². The van der Waals surface area contributed by atoms with Crippen molar-refractivity contribution in [3.05, 3.63) is 0 Å². The Kier molecular flexibility index (Phi) is 4.86. The van der Waals surface area contributed by atoms with Gasteiger partial charge < -0.3 is 0 Å². The van der Waals surface area contributed by atoms with Gasteiger partial charge in [-0.15, -0.1) is 0 Å². The molecule has 0 atom stereocenters. The van der Waals surface area contributed by atoms with Gasteiger partial charge in [0.05, 0.1) is 0 Å². The van der Waals surface area contributed by atoms with Crippen molar-refractivity contribution >= 4 is 20.7 Å². The average Bonchev–Trinajstić information content (AvgIpc) is 1.12. The van der Waals surface area contributed by atoms with E-state index >= 15 is 0 Å². The molecule has 64 valence electrons. The van der Waals surface area contributed by atoms with Crippen molar-refractivity contribution in [2.75, 3.05) is 0 Å². The Hall–Kier alpha value is -0.153. The molecule has 0 amide bonds. The zero-order chi connectivity index (χ0) is 9.00. The zero-order valence-corrected chi connectivity index (χ0v) is 7.50. The molecule has 0 spiro atoms. The third-order valence-electron chi connectivity index (χ3n) is 0. The molecule has 0 saturated heterocycles. The molecule has 0 radical (unpaired) electrons. The van der Waals surface area contributed by atoms with Crippen molar-refractivity contribution in [1.29, 1.82) is 0 Å². The minimum atomic E-state index is -5.17. The van der Waals surface area contributed by atoms with E-state index in [1.807, 2.05) is 0 Å². The van der Waals surface area contributed by atoms with Crippen molar-refractivity contribution in [3.8, 4) is 0 Å². The molecular formula is CH4F4O3SSi. The standard InChI is InChI=1S/CH3F3Si.FHO3S/c2-1(3,4)5;1-5(2,3)4/h5H3;(H,2,3,4). The van der Waals surface area contributed by atoms with Crippen LogP contribution in [-0.2, 0) is 10.5 Å². The van der Waals surface area contributed by atoms with Crippen molar-refractivity contribution in [1.82, 2.24) is 0 Å². The van der Waals surface area contributed by atoms with E-state index in [2.05, 4.69) is 0 Å². The van der Waals surface area contributed by atoms with Crippen LogP contribution in [0.15, 0.2) is 0 Å². The maximum Gasteiger partial charge on any atom is 0.435 e. The average molecular weight is 200 g/mol. The highest BCUT2D eigenvalue weighted by Crippen LogP contribution is 2.05. The first-order valence-electron chi connectivity index (χ1n) is 1.74. The molecule has 0 aromatic rings. The van der Waals surface area contributed by atoms with Crippen LogP contribution in [0, 0.1) is 0 Å². The molecule has 0 aliphatic heterocycles. The van der Waals surface area contributed by atoms with Gasteiger partial charge in [0.15, 0.2) is 0 Å². The molecule has 0 aliphatic carbocycles. The number of halogens is 4. The smallest absolute Gasteiger partial charge is 0.260 e. The highest BCUT2D eigenvalue weighted by Gasteiger charge is 2.14. The molecule has 9 heteroatoms. The second kappa shape index (κ2) is 3.88. The Morgan fingerprint density at radius 2 is 1.30 bits per heavy atom. The lowest BCUT2D eigenvalue weighted by Crippen LogP contribution is -2.03. The van der Waals surface area contributed by atoms with E-state index in [0.29, 0.717) is 0 Å². The van der Waals surface area contributed by atoms with Gasteiger partial charge in [0, 0.05) is 0 Å². The molecule has 0 saturated carbocycles. The predicted octanol–water partition coefficient (Wildman–Crippen LogP) is -0.370. The molecule has 3 nitrogen and oxygen atoms in total. The van der Waals surface area contributed by atoms with Gasteiger partial charge in [0.25, 0.3) is 0 Å². The summed E-state index contributed by atoms with van der Waals surface area (Å²) in [7, 11) is -5.86. The summed E-state index contributed by atoms with van der Waals surface area (Å²) in [5.41, 5.74) is 0. The van der Waals surface area contributed by atoms with E-state index < -0.39 is 26.5 Å². The van der Waals surface area contributed by atoms with E-state index in [1.165, 1.54) is 0 Å². The van der Waals surface area contributed by atoms with Crippen LogP contribution in [0.4, 0.5) is 17.1 Å². The first-order valence-corrected chi connectivity index (χ1v) is 4.08. The number of alkyl halides is 3. The van der Waals surface area contributed by atoms with E-state index in [9.17, 15) is 17.1 Å². The largest absolute Gasteiger partial charge is 0.435 e. The first-order chi connectivity index (χ1) is 4.00. The first kappa shape index (κ1) is 12.5. The fourth-order valence-corrected chi connectivity index (χ4v) is 0. The molecule has 0 bridgehead atoms. The van der Waals surface area contributed by atoms with Gasteiger partial charge in [0.2, 0.25) is 0 Å². The lowest BCUT2D eigenvalue weighted by atomic mass is 11.5. The van der Waals surface area contributed by atoms with Crippen molar-refractivity contribution in [2.24, 2.45) is 0 Å². The van der Waals surface area contributed by atoms with Crippen LogP contribution in [0.1, 0.15) is 0 Å². The zero-order valence-electron chi connectivity index (χ0n) is 4.68. The molecule has 0 heterocycles. The van der Waals surface area contributed by atoms with Crippen LogP contribution in [0.25, 0.3) is 0 Å². The third kappa shape index (κ3) is 15700. The summed E-state index contributed by atoms with van der Waals surface area (Å²) < 4.78 is 65.3. The van der Waals surface area contributed by atoms with Gasteiger partial charge in [-0.1, -0.05) is 3.89 Å². The summed E-state index contributed by atoms with van der Waals surface area (Å²) in [6, 6.07) is 0. The monoisotopic (exact) mass is 200 g/mol. The third-order valence-corrected chi connectivity index (χ3v) is 0. The van der Waals surface area contributed by atoms with Crippen LogP contribution < -0.4 is 0 Å². The summed E-state index contributed by atoms with van der Waals surface area (Å²) >= 11 is 0. The molecular weight excluding hydrogens is 196 g/mol. The van der Waals surface area contributed by atoms with Crippen LogP contribution in [0.5, 0.6) is 0 Å². The van der Waals surface area contributed by atoms with E-state index in [0.717, 1.165) is 0 Å². The van der Waals surface area contributed by atoms with Crippen molar-refractivity contribution in [3.63, 3.8) is 0 Å². The van der Waals surface area contributed by atoms with Crippen molar-refractivity contribution in [2.45, 2.75) is 5.80 Å². The van der Waals surface area contributed by atoms with Crippen molar-refractivity contribution < 1.29 is 30.0 Å². The maximum absolute atomic E-state index is 10.4. The SMILES string of the molecule is FC(F)(F)[SiH3].O=S(=O)(O)F. The topological polar surface area (TPSA) is 54.4 Å². The van der Waals surface area contributed by atoms with Crippen LogP contribution >= 0.6 is 0 Å². The van der Waals surface area contributed by atoms with E-state index in [-0.39, 0.29) is 0 Å². The number of hydrogen-bond donors (Lipinski definition) is 1. The Morgan fingerprint density at radius 1 is 1.30 bits per heavy atom. The quantitative estimate of drug-likeness (QED) is 0.251. The highest BCUT2D eigenvalue weighted by atomic mass is 32.3. The van der Waals surface area contributed by atoms with E-state index in [4.69, 9.17) is 13.0 Å². The maximum atomic E-state index is 10.4. The summed E-state index contributed by atoms with van der Waals surface area (Å²) in [4.78, 5) is 0. The van der Waals surface area contributed by atoms with Gasteiger partial charge in [0.1, 0.15) is 10.2 Å². The highest BCUT2D eigenvalue weighted by molar-refractivity contribution is 7.80. The Morgan fingerprint density at radius 3 is 1.30 bits per heavy atom. The van der Waals surface area contributed by atoms with Crippen LogP contribution in [0.3, 0.4) is 0 Å². The summed E-state index contributed by atoms with van der Waals surface area (Å²) in [5, 5.41) is 0. The lowest BCUT2D eigenvalue weighted by molar-refractivity contribution is -0.0429. The summed E-state index contributed by atoms with van der Waals surface area (Å²) in [6.07, 6.45) is 0. The van der Waals surface area contributed by atoms with E-state index in [1.54, 1.807) is 0 Å². The second-order valence-corrected chi connectivity index (χ2v) is 3.15. The second-order valence-electron chi connectivity index (χ2n) is 1.19. The minimum Gasteiger partial charge on any atom is -0.260 e. The molecule has 0 fully saturated rings. The van der Waals surface area contributed by atoms with Gasteiger partial charge in [-0.3, -0.25) is 4.55 Å². The summed E-state index contributed by atoms with van der Waals surface area (Å²) in [6.45, 7) is 0. The Labute approximate surface area is 57.5 Å². The van der Waals surface area contributed by atoms with Crippen LogP contribution in [0.2, 0.25) is 0 Å². The molecule has 0 aromatic heterocycles. The Balaban J connectivity index is 0. The molecule has 1 N–H and O–H groups in total. The minimum absolute atomic E-state index is 0.692. The van der Waals surface area contributed by atoms with Gasteiger partial charge in [-0.25, -0.2) is 0 Å². The molecule has 0 aromatic carbocycles.